The first-order valence-corrected chi connectivity index (χ1v) is 8.55. The topological polar surface area (TPSA) is 93.2 Å². The molecule has 2 N–H and O–H groups in total. The summed E-state index contributed by atoms with van der Waals surface area (Å²) in [7, 11) is 0. The number of hydrogen-bond donors (Lipinski definition) is 2. The van der Waals surface area contributed by atoms with Gasteiger partial charge >= 0.3 is 6.09 Å². The number of pyridine rings is 2. The Labute approximate surface area is 157 Å². The number of carbonyl (C=O) groups excluding carboxylic acids is 2. The minimum absolute atomic E-state index is 0.0301. The molecule has 0 aliphatic rings. The molecule has 0 unspecified atom stereocenters. The van der Waals surface area contributed by atoms with Gasteiger partial charge in [-0.2, -0.15) is 0 Å². The smallest absolute Gasteiger partial charge is 0.407 e. The Hall–Kier alpha value is -3.03. The van der Waals surface area contributed by atoms with Crippen LogP contribution in [0.4, 0.5) is 9.18 Å². The molecule has 0 atom stereocenters. The summed E-state index contributed by atoms with van der Waals surface area (Å²) in [5.41, 5.74) is 0.445. The van der Waals surface area contributed by atoms with Gasteiger partial charge in [-0.1, -0.05) is 6.07 Å². The lowest BCUT2D eigenvalue weighted by molar-refractivity contribution is 0.0528. The molecule has 0 aromatic carbocycles. The van der Waals surface area contributed by atoms with Crippen LogP contribution in [0.3, 0.4) is 0 Å². The van der Waals surface area contributed by atoms with Gasteiger partial charge in [-0.05, 0) is 45.0 Å². The highest BCUT2D eigenvalue weighted by molar-refractivity contribution is 5.92. The van der Waals surface area contributed by atoms with Crippen molar-refractivity contribution in [2.45, 2.75) is 39.3 Å². The van der Waals surface area contributed by atoms with Crippen LogP contribution < -0.4 is 10.6 Å². The maximum atomic E-state index is 13.5. The molecule has 2 amide bonds. The first-order chi connectivity index (χ1) is 12.7. The maximum Gasteiger partial charge on any atom is 0.407 e. The van der Waals surface area contributed by atoms with Gasteiger partial charge in [0, 0.05) is 24.9 Å². The van der Waals surface area contributed by atoms with Crippen molar-refractivity contribution in [2.75, 3.05) is 6.54 Å². The van der Waals surface area contributed by atoms with E-state index in [1.54, 1.807) is 39.0 Å². The number of ether oxygens (including phenoxy) is 1. The largest absolute Gasteiger partial charge is 0.444 e. The van der Waals surface area contributed by atoms with Gasteiger partial charge in [0.25, 0.3) is 5.91 Å². The summed E-state index contributed by atoms with van der Waals surface area (Å²) in [5, 5.41) is 5.23. The molecule has 0 saturated heterocycles. The third-order valence-corrected chi connectivity index (χ3v) is 3.34. The van der Waals surface area contributed by atoms with E-state index in [1.807, 2.05) is 0 Å². The molecule has 0 bridgehead atoms. The van der Waals surface area contributed by atoms with Gasteiger partial charge in [0.1, 0.15) is 17.1 Å². The molecular weight excluding hydrogens is 351 g/mol. The number of nitrogens with zero attached hydrogens (tertiary/aromatic N) is 2. The van der Waals surface area contributed by atoms with E-state index >= 15 is 0 Å². The summed E-state index contributed by atoms with van der Waals surface area (Å²) in [5.74, 6) is -0.908. The Morgan fingerprint density at radius 2 is 1.93 bits per heavy atom. The van der Waals surface area contributed by atoms with Crippen LogP contribution in [-0.2, 0) is 17.7 Å². The lowest BCUT2D eigenvalue weighted by Gasteiger charge is -2.19. The van der Waals surface area contributed by atoms with Crippen LogP contribution in [0.5, 0.6) is 0 Å². The van der Waals surface area contributed by atoms with Crippen LogP contribution in [-0.4, -0.2) is 34.1 Å². The van der Waals surface area contributed by atoms with Gasteiger partial charge in [-0.15, -0.1) is 0 Å². The Morgan fingerprint density at radius 1 is 1.15 bits per heavy atom. The molecule has 7 nitrogen and oxygen atoms in total. The minimum Gasteiger partial charge on any atom is -0.444 e. The van der Waals surface area contributed by atoms with Crippen LogP contribution in [0.1, 0.15) is 42.6 Å². The predicted octanol–water partition coefficient (Wildman–Crippen LogP) is 2.61. The lowest BCUT2D eigenvalue weighted by atomic mass is 10.2. The third kappa shape index (κ3) is 7.01. The highest BCUT2D eigenvalue weighted by Gasteiger charge is 2.15. The Bertz CT molecular complexity index is 806. The molecule has 2 aromatic rings. The normalized spacial score (nSPS) is 11.0. The van der Waals surface area contributed by atoms with Gasteiger partial charge in [-0.25, -0.2) is 14.2 Å². The molecule has 27 heavy (non-hydrogen) atoms. The highest BCUT2D eigenvalue weighted by Crippen LogP contribution is 2.07. The second-order valence-corrected chi connectivity index (χ2v) is 6.81. The van der Waals surface area contributed by atoms with E-state index in [0.29, 0.717) is 18.7 Å². The van der Waals surface area contributed by atoms with Crippen molar-refractivity contribution in [3.8, 4) is 0 Å². The number of halogens is 1. The summed E-state index contributed by atoms with van der Waals surface area (Å²) in [6.45, 7) is 5.65. The summed E-state index contributed by atoms with van der Waals surface area (Å²) in [6.07, 6.45) is 1.39. The van der Waals surface area contributed by atoms with Crippen LogP contribution in [0.25, 0.3) is 0 Å². The lowest BCUT2D eigenvalue weighted by Crippen LogP contribution is -2.33. The van der Waals surface area contributed by atoms with Crippen LogP contribution in [0.2, 0.25) is 0 Å². The number of carbonyl (C=O) groups is 2. The van der Waals surface area contributed by atoms with E-state index in [0.717, 1.165) is 0 Å². The molecule has 8 heteroatoms. The second-order valence-electron chi connectivity index (χ2n) is 6.81. The first kappa shape index (κ1) is 20.3. The summed E-state index contributed by atoms with van der Waals surface area (Å²) in [4.78, 5) is 32.0. The number of aromatic nitrogens is 2. The zero-order chi connectivity index (χ0) is 19.9. The van der Waals surface area contributed by atoms with Gasteiger partial charge in [-0.3, -0.25) is 9.78 Å². The number of rotatable bonds is 6. The predicted molar refractivity (Wildman–Crippen MR) is 97.5 cm³/mol. The van der Waals surface area contributed by atoms with Crippen molar-refractivity contribution in [2.24, 2.45) is 0 Å². The van der Waals surface area contributed by atoms with Crippen molar-refractivity contribution in [3.05, 3.63) is 59.4 Å². The third-order valence-electron chi connectivity index (χ3n) is 3.34. The standard InChI is InChI=1S/C19H23FN4O3/c1-19(2,3)27-18(26)22-11-9-13-6-4-8-15(24-13)17(25)23-12-16-14(20)7-5-10-21-16/h4-8,10H,9,11-12H2,1-3H3,(H,22,26)(H,23,25). The Morgan fingerprint density at radius 3 is 2.63 bits per heavy atom. The number of hydrogen-bond acceptors (Lipinski definition) is 5. The molecule has 0 radical (unpaired) electrons. The van der Waals surface area contributed by atoms with Gasteiger partial charge < -0.3 is 15.4 Å². The molecule has 2 aromatic heterocycles. The molecule has 0 saturated carbocycles. The zero-order valence-corrected chi connectivity index (χ0v) is 15.6. The molecule has 2 heterocycles. The van der Waals surface area contributed by atoms with E-state index < -0.39 is 23.4 Å². The monoisotopic (exact) mass is 374 g/mol. The average molecular weight is 374 g/mol. The van der Waals surface area contributed by atoms with E-state index in [-0.39, 0.29) is 17.9 Å². The minimum atomic E-state index is -0.562. The van der Waals surface area contributed by atoms with Gasteiger partial charge in [0.15, 0.2) is 0 Å². The van der Waals surface area contributed by atoms with Crippen molar-refractivity contribution < 1.29 is 18.7 Å². The van der Waals surface area contributed by atoms with Crippen molar-refractivity contribution in [3.63, 3.8) is 0 Å². The highest BCUT2D eigenvalue weighted by atomic mass is 19.1. The summed E-state index contributed by atoms with van der Waals surface area (Å²) >= 11 is 0. The number of amides is 2. The number of nitrogens with one attached hydrogen (secondary N) is 2. The molecular formula is C19H23FN4O3. The molecule has 0 spiro atoms. The molecule has 0 aliphatic carbocycles. The maximum absolute atomic E-state index is 13.5. The second kappa shape index (κ2) is 9.07. The van der Waals surface area contributed by atoms with Crippen molar-refractivity contribution >= 4 is 12.0 Å². The Kier molecular flexibility index (Phi) is 6.81. The first-order valence-electron chi connectivity index (χ1n) is 8.55. The van der Waals surface area contributed by atoms with Crippen molar-refractivity contribution in [1.29, 1.82) is 0 Å². The summed E-state index contributed by atoms with van der Waals surface area (Å²) < 4.78 is 18.7. The summed E-state index contributed by atoms with van der Waals surface area (Å²) in [6, 6.07) is 7.79. The van der Waals surface area contributed by atoms with E-state index in [4.69, 9.17) is 4.74 Å². The van der Waals surface area contributed by atoms with E-state index in [9.17, 15) is 14.0 Å². The molecule has 0 aliphatic heterocycles. The fourth-order valence-electron chi connectivity index (χ4n) is 2.16. The molecule has 0 fully saturated rings. The van der Waals surface area contributed by atoms with Gasteiger partial charge in [0.2, 0.25) is 0 Å². The molecule has 2 rings (SSSR count). The van der Waals surface area contributed by atoms with Crippen molar-refractivity contribution in [1.82, 2.24) is 20.6 Å². The fraction of sp³-hybridized carbons (Fsp3) is 0.368. The van der Waals surface area contributed by atoms with Crippen LogP contribution in [0.15, 0.2) is 36.5 Å². The SMILES string of the molecule is CC(C)(C)OC(=O)NCCc1cccc(C(=O)NCc2ncccc2F)n1. The average Bonchev–Trinajstić information content (AvgIpc) is 2.59. The number of alkyl carbamates (subject to hydrolysis) is 1. The zero-order valence-electron chi connectivity index (χ0n) is 15.6. The van der Waals surface area contributed by atoms with E-state index in [1.165, 1.54) is 18.3 Å². The van der Waals surface area contributed by atoms with Crippen LogP contribution in [0, 0.1) is 5.82 Å². The van der Waals surface area contributed by atoms with E-state index in [2.05, 4.69) is 20.6 Å². The fourth-order valence-corrected chi connectivity index (χ4v) is 2.16. The quantitative estimate of drug-likeness (QED) is 0.811. The molecule has 144 valence electrons. The van der Waals surface area contributed by atoms with Crippen LogP contribution >= 0.6 is 0 Å². The Balaban J connectivity index is 1.86. The van der Waals surface area contributed by atoms with Gasteiger partial charge in [0.05, 0.1) is 12.2 Å².